The predicted molar refractivity (Wildman–Crippen MR) is 169 cm³/mol. The molecule has 5 fully saturated rings. The molecule has 3 atom stereocenters. The molecule has 1 spiro atoms. The lowest BCUT2D eigenvalue weighted by atomic mass is 9.87. The van der Waals surface area contributed by atoms with E-state index in [1.165, 1.54) is 24.8 Å². The van der Waals surface area contributed by atoms with Gasteiger partial charge in [0.25, 0.3) is 0 Å². The van der Waals surface area contributed by atoms with Crippen LogP contribution < -0.4 is 14.4 Å². The third-order valence-corrected chi connectivity index (χ3v) is 10.3. The molecule has 3 unspecified atom stereocenters. The lowest BCUT2D eigenvalue weighted by Crippen LogP contribution is -2.68. The van der Waals surface area contributed by atoms with Gasteiger partial charge in [-0.3, -0.25) is 9.80 Å². The van der Waals surface area contributed by atoms with Gasteiger partial charge >= 0.3 is 0 Å². The highest BCUT2D eigenvalue weighted by atomic mass is 35.5. The van der Waals surface area contributed by atoms with Crippen molar-refractivity contribution in [3.05, 3.63) is 65.7 Å². The SMILES string of the molecule is COc1ccc(CN2C3CC2CN(c2ccc(-c4cc(OCCN5CCC6(CCOC6)C5)cn5ncc(Cl)c45)cn2)C3)cn1. The summed E-state index contributed by atoms with van der Waals surface area (Å²) >= 11 is 6.61. The molecular weight excluding hydrogens is 578 g/mol. The average molecular weight is 616 g/mol. The van der Waals surface area contributed by atoms with E-state index in [1.54, 1.807) is 13.3 Å². The number of fused-ring (bicyclic) bond motifs is 3. The van der Waals surface area contributed by atoms with E-state index in [4.69, 9.17) is 30.8 Å². The van der Waals surface area contributed by atoms with Crippen LogP contribution >= 0.6 is 11.6 Å². The highest BCUT2D eigenvalue weighted by molar-refractivity contribution is 6.34. The van der Waals surface area contributed by atoms with Crippen molar-refractivity contribution in [2.75, 3.05) is 64.6 Å². The number of methoxy groups -OCH3 is 1. The number of halogens is 1. The Balaban J connectivity index is 0.928. The maximum atomic E-state index is 6.61. The molecule has 0 aliphatic carbocycles. The Bertz CT molecular complexity index is 1610. The minimum Gasteiger partial charge on any atom is -0.491 e. The zero-order valence-corrected chi connectivity index (χ0v) is 25.8. The summed E-state index contributed by atoms with van der Waals surface area (Å²) in [5.41, 5.74) is 4.40. The maximum Gasteiger partial charge on any atom is 0.212 e. The summed E-state index contributed by atoms with van der Waals surface area (Å²) in [6.45, 7) is 8.40. The van der Waals surface area contributed by atoms with Crippen LogP contribution in [-0.2, 0) is 11.3 Å². The van der Waals surface area contributed by atoms with Crippen LogP contribution in [0.2, 0.25) is 5.02 Å². The highest BCUT2D eigenvalue weighted by Crippen LogP contribution is 2.39. The number of rotatable bonds is 9. The number of hydrogen-bond donors (Lipinski definition) is 0. The van der Waals surface area contributed by atoms with Gasteiger partial charge in [-0.1, -0.05) is 17.7 Å². The molecule has 5 aliphatic heterocycles. The Morgan fingerprint density at radius 3 is 2.73 bits per heavy atom. The number of likely N-dealkylation sites (tertiary alicyclic amines) is 1. The molecule has 9 rings (SSSR count). The van der Waals surface area contributed by atoms with E-state index < -0.39 is 0 Å². The van der Waals surface area contributed by atoms with Crippen LogP contribution in [0.3, 0.4) is 0 Å². The lowest BCUT2D eigenvalue weighted by molar-refractivity contribution is -0.00876. The van der Waals surface area contributed by atoms with Crippen LogP contribution in [0.5, 0.6) is 11.6 Å². The summed E-state index contributed by atoms with van der Waals surface area (Å²) in [7, 11) is 1.65. The highest BCUT2D eigenvalue weighted by Gasteiger charge is 2.45. The van der Waals surface area contributed by atoms with E-state index in [9.17, 15) is 0 Å². The molecule has 0 aromatic carbocycles. The fraction of sp³-hybridized carbons (Fsp3) is 0.485. The quantitative estimate of drug-likeness (QED) is 0.272. The third kappa shape index (κ3) is 5.27. The molecule has 9 heterocycles. The fourth-order valence-electron chi connectivity index (χ4n) is 7.54. The fourth-order valence-corrected chi connectivity index (χ4v) is 7.77. The van der Waals surface area contributed by atoms with E-state index in [2.05, 4.69) is 49.0 Å². The standard InChI is InChI=1S/C33H38ClN7O3/c1-42-31-5-2-23(14-36-31)17-40-25-12-26(40)19-39(18-25)30-4-3-24(15-35-30)28-13-27(20-41-32(28)29(34)16-37-41)44-11-9-38-8-6-33(21-38)7-10-43-22-33/h2-5,13-16,20,25-26H,6-12,17-19,21-22H2,1H3. The molecule has 4 aromatic rings. The number of aromatic nitrogens is 4. The van der Waals surface area contributed by atoms with Crippen molar-refractivity contribution in [1.29, 1.82) is 0 Å². The molecule has 0 N–H and O–H groups in total. The van der Waals surface area contributed by atoms with Crippen molar-refractivity contribution >= 4 is 22.9 Å². The van der Waals surface area contributed by atoms with E-state index in [1.807, 2.05) is 29.2 Å². The van der Waals surface area contributed by atoms with E-state index >= 15 is 0 Å². The van der Waals surface area contributed by atoms with Crippen molar-refractivity contribution < 1.29 is 14.2 Å². The minimum atomic E-state index is 0.361. The second-order valence-electron chi connectivity index (χ2n) is 12.8. The molecule has 44 heavy (non-hydrogen) atoms. The number of hydrogen-bond acceptors (Lipinski definition) is 9. The number of anilines is 1. The largest absolute Gasteiger partial charge is 0.491 e. The second-order valence-corrected chi connectivity index (χ2v) is 13.2. The summed E-state index contributed by atoms with van der Waals surface area (Å²) in [6.07, 6.45) is 11.1. The van der Waals surface area contributed by atoms with Crippen LogP contribution in [0, 0.1) is 5.41 Å². The van der Waals surface area contributed by atoms with Crippen molar-refractivity contribution in [2.24, 2.45) is 5.41 Å². The Labute approximate surface area is 262 Å². The molecule has 2 bridgehead atoms. The molecule has 0 amide bonds. The van der Waals surface area contributed by atoms with Gasteiger partial charge in [-0.05, 0) is 49.6 Å². The summed E-state index contributed by atoms with van der Waals surface area (Å²) in [6, 6.07) is 11.4. The Morgan fingerprint density at radius 1 is 1.07 bits per heavy atom. The van der Waals surface area contributed by atoms with Crippen molar-refractivity contribution in [2.45, 2.75) is 37.9 Å². The topological polar surface area (TPSA) is 80.5 Å². The third-order valence-electron chi connectivity index (χ3n) is 10.0. The summed E-state index contributed by atoms with van der Waals surface area (Å²) in [5, 5.41) is 5.10. The van der Waals surface area contributed by atoms with Gasteiger partial charge in [0.05, 0.1) is 36.6 Å². The van der Waals surface area contributed by atoms with Crippen molar-refractivity contribution in [3.8, 4) is 22.8 Å². The second kappa shape index (κ2) is 11.5. The number of piperidine rings is 1. The zero-order chi connectivity index (χ0) is 29.7. The first kappa shape index (κ1) is 28.1. The van der Waals surface area contributed by atoms with Crippen LogP contribution in [-0.4, -0.2) is 101 Å². The van der Waals surface area contributed by atoms with Gasteiger partial charge in [0.2, 0.25) is 5.88 Å². The van der Waals surface area contributed by atoms with Crippen LogP contribution in [0.25, 0.3) is 16.6 Å². The molecule has 4 aromatic heterocycles. The summed E-state index contributed by atoms with van der Waals surface area (Å²) < 4.78 is 19.0. The van der Waals surface area contributed by atoms with Gasteiger partial charge in [0, 0.05) is 86.4 Å². The average Bonchev–Trinajstić information content (AvgIpc) is 3.80. The molecule has 0 saturated carbocycles. The van der Waals surface area contributed by atoms with Gasteiger partial charge in [-0.25, -0.2) is 14.5 Å². The molecule has 0 radical (unpaired) electrons. The first-order chi connectivity index (χ1) is 21.6. The molecular formula is C33H38ClN7O3. The first-order valence-corrected chi connectivity index (χ1v) is 16.0. The molecule has 10 nitrogen and oxygen atoms in total. The van der Waals surface area contributed by atoms with Crippen LogP contribution in [0.1, 0.15) is 24.8 Å². The Hall–Kier alpha value is -3.44. The number of nitrogens with zero attached hydrogens (tertiary/aromatic N) is 7. The van der Waals surface area contributed by atoms with Crippen molar-refractivity contribution in [1.82, 2.24) is 29.4 Å². The van der Waals surface area contributed by atoms with Gasteiger partial charge in [0.1, 0.15) is 18.2 Å². The van der Waals surface area contributed by atoms with Crippen LogP contribution in [0.15, 0.2) is 55.1 Å². The monoisotopic (exact) mass is 615 g/mol. The summed E-state index contributed by atoms with van der Waals surface area (Å²) in [4.78, 5) is 16.8. The first-order valence-electron chi connectivity index (χ1n) is 15.6. The van der Waals surface area contributed by atoms with Gasteiger partial charge in [-0.2, -0.15) is 5.10 Å². The Kier molecular flexibility index (Phi) is 7.33. The number of ether oxygens (including phenoxy) is 3. The molecule has 11 heteroatoms. The molecule has 5 aliphatic rings. The van der Waals surface area contributed by atoms with Gasteiger partial charge in [0.15, 0.2) is 0 Å². The number of piperazine rings is 1. The summed E-state index contributed by atoms with van der Waals surface area (Å²) in [5.74, 6) is 2.44. The van der Waals surface area contributed by atoms with E-state index in [-0.39, 0.29) is 0 Å². The minimum absolute atomic E-state index is 0.361. The smallest absolute Gasteiger partial charge is 0.212 e. The zero-order valence-electron chi connectivity index (χ0n) is 25.1. The van der Waals surface area contributed by atoms with Gasteiger partial charge < -0.3 is 19.1 Å². The molecule has 5 saturated heterocycles. The Morgan fingerprint density at radius 2 is 1.98 bits per heavy atom. The lowest BCUT2D eigenvalue weighted by Gasteiger charge is -2.56. The maximum absolute atomic E-state index is 6.61. The predicted octanol–water partition coefficient (Wildman–Crippen LogP) is 4.41. The van der Waals surface area contributed by atoms with Gasteiger partial charge in [-0.15, -0.1) is 0 Å². The molecule has 230 valence electrons. The van der Waals surface area contributed by atoms with Crippen LogP contribution in [0.4, 0.5) is 5.82 Å². The number of pyridine rings is 3. The normalized spacial score (nSPS) is 25.2. The van der Waals surface area contributed by atoms with E-state index in [0.717, 1.165) is 80.7 Å². The van der Waals surface area contributed by atoms with E-state index in [0.29, 0.717) is 35.0 Å². The van der Waals surface area contributed by atoms with Crippen molar-refractivity contribution in [3.63, 3.8) is 0 Å².